The molecular formula is C17H20N4O2. The van der Waals surface area contributed by atoms with Crippen molar-refractivity contribution in [2.75, 3.05) is 38.5 Å². The van der Waals surface area contributed by atoms with E-state index >= 15 is 0 Å². The van der Waals surface area contributed by atoms with Crippen molar-refractivity contribution in [1.29, 1.82) is 0 Å². The Morgan fingerprint density at radius 1 is 1.13 bits per heavy atom. The summed E-state index contributed by atoms with van der Waals surface area (Å²) in [5.41, 5.74) is 1.39. The van der Waals surface area contributed by atoms with Gasteiger partial charge in [-0.25, -0.2) is 0 Å². The molecule has 120 valence electrons. The van der Waals surface area contributed by atoms with Gasteiger partial charge in [0.1, 0.15) is 0 Å². The topological polar surface area (TPSA) is 65.5 Å². The number of rotatable bonds is 1. The highest BCUT2D eigenvalue weighted by Crippen LogP contribution is 2.16. The quantitative estimate of drug-likeness (QED) is 0.807. The van der Waals surface area contributed by atoms with Crippen LogP contribution in [0, 0.1) is 0 Å². The normalized spacial score (nSPS) is 16.1. The van der Waals surface area contributed by atoms with E-state index in [4.69, 9.17) is 0 Å². The van der Waals surface area contributed by atoms with Crippen LogP contribution in [0.15, 0.2) is 36.5 Å². The van der Waals surface area contributed by atoms with Crippen LogP contribution in [-0.2, 0) is 9.59 Å². The van der Waals surface area contributed by atoms with E-state index in [1.54, 1.807) is 11.1 Å². The molecule has 0 saturated carbocycles. The maximum Gasteiger partial charge on any atom is 0.313 e. The number of hydrogen-bond acceptors (Lipinski definition) is 4. The molecule has 0 bridgehead atoms. The lowest BCUT2D eigenvalue weighted by Crippen LogP contribution is -2.41. The Morgan fingerprint density at radius 3 is 2.83 bits per heavy atom. The number of aromatic nitrogens is 1. The number of fused-ring (bicyclic) bond motifs is 1. The Bertz CT molecular complexity index is 731. The number of carbonyl (C=O) groups excluding carboxylic acids is 2. The summed E-state index contributed by atoms with van der Waals surface area (Å²) in [5, 5.41) is 3.58. The number of amides is 2. The molecule has 6 nitrogen and oxygen atoms in total. The molecule has 0 spiro atoms. The van der Waals surface area contributed by atoms with E-state index in [0.717, 1.165) is 30.4 Å². The van der Waals surface area contributed by atoms with Crippen molar-refractivity contribution < 1.29 is 9.59 Å². The molecule has 1 aliphatic heterocycles. The predicted octanol–water partition coefficient (Wildman–Crippen LogP) is 1.34. The van der Waals surface area contributed by atoms with Crippen LogP contribution in [0.2, 0.25) is 0 Å². The highest BCUT2D eigenvalue weighted by Gasteiger charge is 2.23. The van der Waals surface area contributed by atoms with Crippen LogP contribution in [-0.4, -0.2) is 59.8 Å². The summed E-state index contributed by atoms with van der Waals surface area (Å²) in [4.78, 5) is 32.6. The third-order valence-corrected chi connectivity index (χ3v) is 4.05. The zero-order valence-corrected chi connectivity index (χ0v) is 13.2. The highest BCUT2D eigenvalue weighted by molar-refractivity contribution is 6.39. The molecular weight excluding hydrogens is 292 g/mol. The molecule has 2 aromatic rings. The summed E-state index contributed by atoms with van der Waals surface area (Å²) in [5.74, 6) is -1.08. The van der Waals surface area contributed by atoms with Crippen LogP contribution in [0.5, 0.6) is 0 Å². The van der Waals surface area contributed by atoms with Gasteiger partial charge in [-0.3, -0.25) is 14.6 Å². The SMILES string of the molecule is CN1CCCN(C(=O)C(=O)Nc2cnc3ccccc3c2)CC1. The summed E-state index contributed by atoms with van der Waals surface area (Å²) in [6.45, 7) is 2.93. The highest BCUT2D eigenvalue weighted by atomic mass is 16.2. The van der Waals surface area contributed by atoms with E-state index < -0.39 is 11.8 Å². The summed E-state index contributed by atoms with van der Waals surface area (Å²) >= 11 is 0. The van der Waals surface area contributed by atoms with Crippen molar-refractivity contribution >= 4 is 28.4 Å². The smallest absolute Gasteiger partial charge is 0.313 e. The fraction of sp³-hybridized carbons (Fsp3) is 0.353. The van der Waals surface area contributed by atoms with E-state index in [9.17, 15) is 9.59 Å². The molecule has 1 aliphatic rings. The Kier molecular flexibility index (Phi) is 4.52. The Balaban J connectivity index is 1.68. The zero-order valence-electron chi connectivity index (χ0n) is 13.2. The lowest BCUT2D eigenvalue weighted by molar-refractivity contribution is -0.143. The van der Waals surface area contributed by atoms with Crippen molar-refractivity contribution in [1.82, 2.24) is 14.8 Å². The number of nitrogens with one attached hydrogen (secondary N) is 1. The van der Waals surface area contributed by atoms with Crippen LogP contribution >= 0.6 is 0 Å². The zero-order chi connectivity index (χ0) is 16.2. The van der Waals surface area contributed by atoms with Gasteiger partial charge in [0.05, 0.1) is 17.4 Å². The number of benzene rings is 1. The second-order valence-electron chi connectivity index (χ2n) is 5.82. The molecule has 2 heterocycles. The number of likely N-dealkylation sites (N-methyl/N-ethyl adjacent to an activating group) is 1. The molecule has 0 unspecified atom stereocenters. The predicted molar refractivity (Wildman–Crippen MR) is 89.1 cm³/mol. The number of para-hydroxylation sites is 1. The Morgan fingerprint density at radius 2 is 1.96 bits per heavy atom. The Hall–Kier alpha value is -2.47. The van der Waals surface area contributed by atoms with Gasteiger partial charge in [-0.1, -0.05) is 18.2 Å². The van der Waals surface area contributed by atoms with Crippen LogP contribution in [0.3, 0.4) is 0 Å². The summed E-state index contributed by atoms with van der Waals surface area (Å²) in [7, 11) is 2.02. The lowest BCUT2D eigenvalue weighted by atomic mass is 10.2. The van der Waals surface area contributed by atoms with Gasteiger partial charge >= 0.3 is 11.8 Å². The number of pyridine rings is 1. The minimum Gasteiger partial charge on any atom is -0.333 e. The fourth-order valence-electron chi connectivity index (χ4n) is 2.72. The van der Waals surface area contributed by atoms with Crippen molar-refractivity contribution in [3.63, 3.8) is 0 Å². The van der Waals surface area contributed by atoms with Gasteiger partial charge in [0.25, 0.3) is 0 Å². The molecule has 1 fully saturated rings. The molecule has 3 rings (SSSR count). The van der Waals surface area contributed by atoms with E-state index in [1.165, 1.54) is 0 Å². The molecule has 1 saturated heterocycles. The average molecular weight is 312 g/mol. The van der Waals surface area contributed by atoms with Crippen LogP contribution in [0.1, 0.15) is 6.42 Å². The summed E-state index contributed by atoms with van der Waals surface area (Å²) < 4.78 is 0. The fourth-order valence-corrected chi connectivity index (χ4v) is 2.72. The number of nitrogens with zero attached hydrogens (tertiary/aromatic N) is 3. The second kappa shape index (κ2) is 6.75. The largest absolute Gasteiger partial charge is 0.333 e. The molecule has 23 heavy (non-hydrogen) atoms. The molecule has 1 N–H and O–H groups in total. The van der Waals surface area contributed by atoms with Crippen LogP contribution in [0.4, 0.5) is 5.69 Å². The number of carbonyl (C=O) groups is 2. The van der Waals surface area contributed by atoms with E-state index in [0.29, 0.717) is 18.8 Å². The van der Waals surface area contributed by atoms with Crippen molar-refractivity contribution in [3.8, 4) is 0 Å². The van der Waals surface area contributed by atoms with Gasteiger partial charge in [-0.05, 0) is 32.1 Å². The first kappa shape index (κ1) is 15.4. The standard InChI is InChI=1S/C17H20N4O2/c1-20-7-4-8-21(10-9-20)17(23)16(22)19-14-11-13-5-2-3-6-15(13)18-12-14/h2-3,5-6,11-12H,4,7-10H2,1H3,(H,19,22). The first-order valence-corrected chi connectivity index (χ1v) is 7.77. The third kappa shape index (κ3) is 3.65. The molecule has 2 amide bonds. The van der Waals surface area contributed by atoms with E-state index in [-0.39, 0.29) is 0 Å². The molecule has 0 radical (unpaired) electrons. The van der Waals surface area contributed by atoms with Gasteiger partial charge in [0, 0.05) is 25.0 Å². The van der Waals surface area contributed by atoms with Crippen molar-refractivity contribution in [2.45, 2.75) is 6.42 Å². The van der Waals surface area contributed by atoms with Gasteiger partial charge in [-0.15, -0.1) is 0 Å². The van der Waals surface area contributed by atoms with Crippen molar-refractivity contribution in [2.24, 2.45) is 0 Å². The summed E-state index contributed by atoms with van der Waals surface area (Å²) in [6, 6.07) is 9.47. The summed E-state index contributed by atoms with van der Waals surface area (Å²) in [6.07, 6.45) is 2.46. The second-order valence-corrected chi connectivity index (χ2v) is 5.82. The van der Waals surface area contributed by atoms with Gasteiger partial charge in [0.2, 0.25) is 0 Å². The molecule has 0 aliphatic carbocycles. The Labute approximate surface area is 135 Å². The molecule has 1 aromatic carbocycles. The van der Waals surface area contributed by atoms with Gasteiger partial charge in [-0.2, -0.15) is 0 Å². The molecule has 6 heteroatoms. The van der Waals surface area contributed by atoms with Crippen LogP contribution in [0.25, 0.3) is 10.9 Å². The average Bonchev–Trinajstić information content (AvgIpc) is 2.78. The molecule has 1 aromatic heterocycles. The molecule has 0 atom stereocenters. The van der Waals surface area contributed by atoms with E-state index in [2.05, 4.69) is 15.2 Å². The van der Waals surface area contributed by atoms with Gasteiger partial charge in [0.15, 0.2) is 0 Å². The number of hydrogen-bond donors (Lipinski definition) is 1. The van der Waals surface area contributed by atoms with Crippen LogP contribution < -0.4 is 5.32 Å². The maximum absolute atomic E-state index is 12.3. The minimum atomic E-state index is -0.605. The maximum atomic E-state index is 12.3. The monoisotopic (exact) mass is 312 g/mol. The van der Waals surface area contributed by atoms with Crippen molar-refractivity contribution in [3.05, 3.63) is 36.5 Å². The first-order valence-electron chi connectivity index (χ1n) is 7.77. The number of anilines is 1. The van der Waals surface area contributed by atoms with E-state index in [1.807, 2.05) is 37.4 Å². The lowest BCUT2D eigenvalue weighted by Gasteiger charge is -2.19. The first-order chi connectivity index (χ1) is 11.1. The minimum absolute atomic E-state index is 0.478. The van der Waals surface area contributed by atoms with Gasteiger partial charge < -0.3 is 15.1 Å². The third-order valence-electron chi connectivity index (χ3n) is 4.05.